The lowest BCUT2D eigenvalue weighted by Crippen LogP contribution is -2.30. The summed E-state index contributed by atoms with van der Waals surface area (Å²) in [7, 11) is -3.80. The lowest BCUT2D eigenvalue weighted by Gasteiger charge is -2.18. The molecule has 9 heteroatoms. The maximum atomic E-state index is 12.6. The zero-order valence-corrected chi connectivity index (χ0v) is 16.9. The molecule has 0 N–H and O–H groups in total. The van der Waals surface area contributed by atoms with E-state index in [1.165, 1.54) is 16.4 Å². The van der Waals surface area contributed by atoms with Crippen molar-refractivity contribution in [3.63, 3.8) is 0 Å². The second kappa shape index (κ2) is 9.52. The molecule has 0 fully saturated rings. The zero-order valence-electron chi connectivity index (χ0n) is 16.1. The van der Waals surface area contributed by atoms with Crippen LogP contribution in [0.15, 0.2) is 47.4 Å². The molecule has 0 aliphatic carbocycles. The van der Waals surface area contributed by atoms with Crippen LogP contribution in [0.1, 0.15) is 27.2 Å². The molecule has 28 heavy (non-hydrogen) atoms. The highest BCUT2D eigenvalue weighted by molar-refractivity contribution is 7.89. The standard InChI is InChI=1S/C19H24N2O6S/c1-4-13-26-15-7-9-16(10-8-15)27-19-12-11-17(14-18(19)21(22)23)28(24,25)20(5-2)6-3/h7-12,14H,4-6,13H2,1-3H3. The highest BCUT2D eigenvalue weighted by Gasteiger charge is 2.26. The summed E-state index contributed by atoms with van der Waals surface area (Å²) in [6, 6.07) is 10.3. The molecule has 2 aromatic carbocycles. The first-order valence-electron chi connectivity index (χ1n) is 9.02. The van der Waals surface area contributed by atoms with Crippen LogP contribution in [-0.2, 0) is 10.0 Å². The van der Waals surface area contributed by atoms with Crippen LogP contribution in [0.25, 0.3) is 0 Å². The van der Waals surface area contributed by atoms with Gasteiger partial charge < -0.3 is 9.47 Å². The van der Waals surface area contributed by atoms with Gasteiger partial charge >= 0.3 is 5.69 Å². The highest BCUT2D eigenvalue weighted by Crippen LogP contribution is 2.34. The molecule has 0 amide bonds. The van der Waals surface area contributed by atoms with Crippen LogP contribution in [0.4, 0.5) is 5.69 Å². The van der Waals surface area contributed by atoms with Crippen LogP contribution in [-0.4, -0.2) is 37.3 Å². The van der Waals surface area contributed by atoms with E-state index < -0.39 is 20.6 Å². The number of sulfonamides is 1. The Bertz CT molecular complexity index is 909. The van der Waals surface area contributed by atoms with Crippen molar-refractivity contribution < 1.29 is 22.8 Å². The van der Waals surface area contributed by atoms with Crippen LogP contribution >= 0.6 is 0 Å². The van der Waals surface area contributed by atoms with Gasteiger partial charge in [0, 0.05) is 19.2 Å². The van der Waals surface area contributed by atoms with Crippen molar-refractivity contribution in [1.29, 1.82) is 0 Å². The number of ether oxygens (including phenoxy) is 2. The van der Waals surface area contributed by atoms with E-state index in [9.17, 15) is 18.5 Å². The van der Waals surface area contributed by atoms with E-state index in [2.05, 4.69) is 0 Å². The lowest BCUT2D eigenvalue weighted by molar-refractivity contribution is -0.385. The van der Waals surface area contributed by atoms with Gasteiger partial charge in [0.2, 0.25) is 15.8 Å². The molecular weight excluding hydrogens is 384 g/mol. The van der Waals surface area contributed by atoms with E-state index in [0.29, 0.717) is 18.1 Å². The molecule has 0 aromatic heterocycles. The van der Waals surface area contributed by atoms with Gasteiger partial charge in [0.05, 0.1) is 16.4 Å². The Labute approximate surface area is 164 Å². The van der Waals surface area contributed by atoms with Crippen LogP contribution in [0, 0.1) is 10.1 Å². The predicted octanol–water partition coefficient (Wildman–Crippen LogP) is 4.21. The third kappa shape index (κ3) is 4.99. The minimum absolute atomic E-state index is 0.0364. The maximum absolute atomic E-state index is 12.6. The minimum Gasteiger partial charge on any atom is -0.494 e. The Hall–Kier alpha value is -2.65. The summed E-state index contributed by atoms with van der Waals surface area (Å²) in [5, 5.41) is 11.5. The minimum atomic E-state index is -3.80. The van der Waals surface area contributed by atoms with Crippen molar-refractivity contribution in [1.82, 2.24) is 4.31 Å². The SMILES string of the molecule is CCCOc1ccc(Oc2ccc(S(=O)(=O)N(CC)CC)cc2[N+](=O)[O-])cc1. The summed E-state index contributed by atoms with van der Waals surface area (Å²) < 4.78 is 37.5. The molecule has 2 aromatic rings. The van der Waals surface area contributed by atoms with Gasteiger partial charge in [0.25, 0.3) is 0 Å². The average Bonchev–Trinajstić information content (AvgIpc) is 2.68. The topological polar surface area (TPSA) is 99.0 Å². The largest absolute Gasteiger partial charge is 0.494 e. The molecule has 0 atom stereocenters. The van der Waals surface area contributed by atoms with Gasteiger partial charge in [0.1, 0.15) is 11.5 Å². The van der Waals surface area contributed by atoms with E-state index in [4.69, 9.17) is 9.47 Å². The van der Waals surface area contributed by atoms with E-state index in [0.717, 1.165) is 12.5 Å². The molecule has 2 rings (SSSR count). The first-order valence-corrected chi connectivity index (χ1v) is 10.5. The normalized spacial score (nSPS) is 11.4. The fourth-order valence-corrected chi connectivity index (χ4v) is 4.03. The first-order chi connectivity index (χ1) is 13.3. The lowest BCUT2D eigenvalue weighted by atomic mass is 10.3. The molecule has 152 valence electrons. The van der Waals surface area contributed by atoms with Gasteiger partial charge in [-0.3, -0.25) is 10.1 Å². The third-order valence-corrected chi connectivity index (χ3v) is 6.04. The molecule has 0 saturated heterocycles. The second-order valence-corrected chi connectivity index (χ2v) is 7.84. The van der Waals surface area contributed by atoms with E-state index >= 15 is 0 Å². The smallest absolute Gasteiger partial charge is 0.312 e. The third-order valence-electron chi connectivity index (χ3n) is 3.99. The summed E-state index contributed by atoms with van der Waals surface area (Å²) in [4.78, 5) is 10.7. The number of benzene rings is 2. The van der Waals surface area contributed by atoms with Crippen molar-refractivity contribution in [2.75, 3.05) is 19.7 Å². The Kier molecular flexibility index (Phi) is 7.36. The molecular formula is C19H24N2O6S. The molecule has 0 saturated carbocycles. The van der Waals surface area contributed by atoms with Gasteiger partial charge in [-0.2, -0.15) is 4.31 Å². The Morgan fingerprint density at radius 1 is 1.00 bits per heavy atom. The van der Waals surface area contributed by atoms with E-state index in [-0.39, 0.29) is 23.7 Å². The first kappa shape index (κ1) is 21.6. The summed E-state index contributed by atoms with van der Waals surface area (Å²) in [5.74, 6) is 1.02. The summed E-state index contributed by atoms with van der Waals surface area (Å²) >= 11 is 0. The number of nitrogens with zero attached hydrogens (tertiary/aromatic N) is 2. The molecule has 0 aliphatic rings. The van der Waals surface area contributed by atoms with Gasteiger partial charge in [-0.1, -0.05) is 20.8 Å². The van der Waals surface area contributed by atoms with Gasteiger partial charge in [0.15, 0.2) is 0 Å². The van der Waals surface area contributed by atoms with Crippen LogP contribution < -0.4 is 9.47 Å². The molecule has 0 unspecified atom stereocenters. The highest BCUT2D eigenvalue weighted by atomic mass is 32.2. The van der Waals surface area contributed by atoms with Crippen molar-refractivity contribution in [2.24, 2.45) is 0 Å². The van der Waals surface area contributed by atoms with Gasteiger partial charge in [-0.05, 0) is 42.8 Å². The Morgan fingerprint density at radius 2 is 1.61 bits per heavy atom. The monoisotopic (exact) mass is 408 g/mol. The molecule has 0 spiro atoms. The summed E-state index contributed by atoms with van der Waals surface area (Å²) in [5.41, 5.74) is -0.417. The van der Waals surface area contributed by atoms with Crippen molar-refractivity contribution in [3.05, 3.63) is 52.6 Å². The fraction of sp³-hybridized carbons (Fsp3) is 0.368. The maximum Gasteiger partial charge on any atom is 0.312 e. The fourth-order valence-electron chi connectivity index (χ4n) is 2.55. The average molecular weight is 408 g/mol. The van der Waals surface area contributed by atoms with E-state index in [1.807, 2.05) is 6.92 Å². The number of nitro groups is 1. The van der Waals surface area contributed by atoms with Crippen molar-refractivity contribution in [3.8, 4) is 17.2 Å². The Morgan fingerprint density at radius 3 is 2.14 bits per heavy atom. The van der Waals surface area contributed by atoms with Crippen molar-refractivity contribution in [2.45, 2.75) is 32.1 Å². The quantitative estimate of drug-likeness (QED) is 0.431. The molecule has 0 heterocycles. The Balaban J connectivity index is 2.32. The number of hydrogen-bond acceptors (Lipinski definition) is 6. The second-order valence-electron chi connectivity index (χ2n) is 5.90. The molecule has 0 aliphatic heterocycles. The summed E-state index contributed by atoms with van der Waals surface area (Å²) in [6.45, 7) is 6.56. The molecule has 8 nitrogen and oxygen atoms in total. The zero-order chi connectivity index (χ0) is 20.7. The van der Waals surface area contributed by atoms with Crippen molar-refractivity contribution >= 4 is 15.7 Å². The van der Waals surface area contributed by atoms with E-state index in [1.54, 1.807) is 38.1 Å². The summed E-state index contributed by atoms with van der Waals surface area (Å²) in [6.07, 6.45) is 0.882. The molecule has 0 radical (unpaired) electrons. The molecule has 0 bridgehead atoms. The number of nitro benzene ring substituents is 1. The predicted molar refractivity (Wildman–Crippen MR) is 106 cm³/mol. The number of hydrogen-bond donors (Lipinski definition) is 0. The van der Waals surface area contributed by atoms with Crippen LogP contribution in [0.2, 0.25) is 0 Å². The van der Waals surface area contributed by atoms with Gasteiger partial charge in [-0.25, -0.2) is 8.42 Å². The van der Waals surface area contributed by atoms with Crippen LogP contribution in [0.5, 0.6) is 17.2 Å². The van der Waals surface area contributed by atoms with Gasteiger partial charge in [-0.15, -0.1) is 0 Å². The number of rotatable bonds is 10. The van der Waals surface area contributed by atoms with Crippen LogP contribution in [0.3, 0.4) is 0 Å².